The first kappa shape index (κ1) is 14.9. The minimum absolute atomic E-state index is 0.107. The van der Waals surface area contributed by atoms with Gasteiger partial charge < -0.3 is 14.9 Å². The summed E-state index contributed by atoms with van der Waals surface area (Å²) in [5, 5.41) is 19.8. The van der Waals surface area contributed by atoms with Crippen LogP contribution in [0, 0.1) is 6.92 Å². The number of carbonyl (C=O) groups excluding carboxylic acids is 1. The van der Waals surface area contributed by atoms with E-state index in [4.69, 9.17) is 16.3 Å². The molecule has 2 N–H and O–H groups in total. The molecule has 0 radical (unpaired) electrons. The fourth-order valence-corrected chi connectivity index (χ4v) is 1.71. The molecule has 2 atom stereocenters. The summed E-state index contributed by atoms with van der Waals surface area (Å²) in [4.78, 5) is 15.1. The molecule has 0 aliphatic heterocycles. The zero-order valence-corrected chi connectivity index (χ0v) is 11.0. The molecule has 0 saturated heterocycles. The average molecular weight is 274 g/mol. The highest BCUT2D eigenvalue weighted by atomic mass is 35.5. The van der Waals surface area contributed by atoms with Gasteiger partial charge >= 0.3 is 5.97 Å². The number of rotatable bonds is 5. The van der Waals surface area contributed by atoms with Gasteiger partial charge in [-0.2, -0.15) is 0 Å². The number of esters is 1. The SMILES string of the molecule is CCOC(=O)CC(O)C(O)c1cc(C)cnc1Cl. The minimum Gasteiger partial charge on any atom is -0.466 e. The van der Waals surface area contributed by atoms with Crippen molar-refractivity contribution < 1.29 is 19.7 Å². The first-order valence-electron chi connectivity index (χ1n) is 5.59. The van der Waals surface area contributed by atoms with Crippen LogP contribution in [0.25, 0.3) is 0 Å². The molecule has 0 aliphatic carbocycles. The Morgan fingerprint density at radius 2 is 2.22 bits per heavy atom. The molecule has 100 valence electrons. The van der Waals surface area contributed by atoms with Crippen LogP contribution in [0.2, 0.25) is 5.15 Å². The molecule has 0 amide bonds. The lowest BCUT2D eigenvalue weighted by Gasteiger charge is -2.18. The number of aromatic nitrogens is 1. The lowest BCUT2D eigenvalue weighted by atomic mass is 10.0. The van der Waals surface area contributed by atoms with E-state index in [9.17, 15) is 15.0 Å². The second-order valence-corrected chi connectivity index (χ2v) is 4.27. The van der Waals surface area contributed by atoms with Crippen molar-refractivity contribution in [3.8, 4) is 0 Å². The summed E-state index contributed by atoms with van der Waals surface area (Å²) >= 11 is 5.83. The smallest absolute Gasteiger partial charge is 0.308 e. The van der Waals surface area contributed by atoms with Crippen LogP contribution >= 0.6 is 11.6 Å². The number of hydrogen-bond donors (Lipinski definition) is 2. The highest BCUT2D eigenvalue weighted by Gasteiger charge is 2.24. The first-order valence-corrected chi connectivity index (χ1v) is 5.97. The number of nitrogens with zero attached hydrogens (tertiary/aromatic N) is 1. The summed E-state index contributed by atoms with van der Waals surface area (Å²) in [7, 11) is 0. The van der Waals surface area contributed by atoms with Crippen molar-refractivity contribution in [1.29, 1.82) is 0 Å². The number of halogens is 1. The van der Waals surface area contributed by atoms with Gasteiger partial charge in [-0.3, -0.25) is 4.79 Å². The minimum atomic E-state index is -1.27. The van der Waals surface area contributed by atoms with Gasteiger partial charge in [-0.15, -0.1) is 0 Å². The van der Waals surface area contributed by atoms with E-state index in [1.807, 2.05) is 0 Å². The van der Waals surface area contributed by atoms with Gasteiger partial charge in [0, 0.05) is 11.8 Å². The van der Waals surface area contributed by atoms with Crippen molar-refractivity contribution in [1.82, 2.24) is 4.98 Å². The van der Waals surface area contributed by atoms with Gasteiger partial charge in [0.2, 0.25) is 0 Å². The molecule has 1 rings (SSSR count). The van der Waals surface area contributed by atoms with Crippen molar-refractivity contribution in [3.05, 3.63) is 28.5 Å². The molecule has 0 saturated carbocycles. The number of ether oxygens (including phenoxy) is 1. The molecule has 1 aromatic heterocycles. The second kappa shape index (κ2) is 6.68. The van der Waals surface area contributed by atoms with Crippen LogP contribution in [-0.2, 0) is 9.53 Å². The third-order valence-electron chi connectivity index (χ3n) is 2.37. The summed E-state index contributed by atoms with van der Waals surface area (Å²) < 4.78 is 4.69. The first-order chi connectivity index (χ1) is 8.45. The molecular weight excluding hydrogens is 258 g/mol. The third-order valence-corrected chi connectivity index (χ3v) is 2.68. The molecule has 0 fully saturated rings. The molecule has 5 nitrogen and oxygen atoms in total. The van der Waals surface area contributed by atoms with Crippen LogP contribution in [0.5, 0.6) is 0 Å². The highest BCUT2D eigenvalue weighted by Crippen LogP contribution is 2.25. The molecule has 1 heterocycles. The normalized spacial score (nSPS) is 14.1. The molecule has 0 bridgehead atoms. The van der Waals surface area contributed by atoms with E-state index >= 15 is 0 Å². The Balaban J connectivity index is 2.76. The monoisotopic (exact) mass is 273 g/mol. The molecular formula is C12H16ClNO4. The molecule has 0 aromatic carbocycles. The van der Waals surface area contributed by atoms with Crippen LogP contribution in [0.3, 0.4) is 0 Å². The Kier molecular flexibility index (Phi) is 5.53. The predicted molar refractivity (Wildman–Crippen MR) is 66.2 cm³/mol. The Labute approximate surface area is 110 Å². The quantitative estimate of drug-likeness (QED) is 0.626. The van der Waals surface area contributed by atoms with E-state index in [1.54, 1.807) is 26.1 Å². The molecule has 0 aliphatic rings. The van der Waals surface area contributed by atoms with E-state index in [2.05, 4.69) is 4.98 Å². The fourth-order valence-electron chi connectivity index (χ4n) is 1.49. The van der Waals surface area contributed by atoms with Crippen LogP contribution < -0.4 is 0 Å². The molecule has 6 heteroatoms. The summed E-state index contributed by atoms with van der Waals surface area (Å²) in [5.74, 6) is -0.569. The van der Waals surface area contributed by atoms with Gasteiger partial charge in [-0.1, -0.05) is 11.6 Å². The van der Waals surface area contributed by atoms with Gasteiger partial charge in [0.05, 0.1) is 19.1 Å². The number of hydrogen-bond acceptors (Lipinski definition) is 5. The standard InChI is InChI=1S/C12H16ClNO4/c1-3-18-10(16)5-9(15)11(17)8-4-7(2)6-14-12(8)13/h4,6,9,11,15,17H,3,5H2,1-2H3. The number of pyridine rings is 1. The fraction of sp³-hybridized carbons (Fsp3) is 0.500. The molecule has 0 spiro atoms. The van der Waals surface area contributed by atoms with Crippen molar-refractivity contribution in [2.45, 2.75) is 32.5 Å². The second-order valence-electron chi connectivity index (χ2n) is 3.91. The summed E-state index contributed by atoms with van der Waals surface area (Å²) in [6.45, 7) is 3.69. The van der Waals surface area contributed by atoms with Crippen molar-refractivity contribution in [2.75, 3.05) is 6.61 Å². The van der Waals surface area contributed by atoms with E-state index in [0.717, 1.165) is 5.56 Å². The molecule has 1 aromatic rings. The lowest BCUT2D eigenvalue weighted by molar-refractivity contribution is -0.147. The van der Waals surface area contributed by atoms with Crippen molar-refractivity contribution in [3.63, 3.8) is 0 Å². The summed E-state index contributed by atoms with van der Waals surface area (Å²) in [5.41, 5.74) is 1.10. The number of aliphatic hydroxyl groups excluding tert-OH is 2. The van der Waals surface area contributed by atoms with Crippen molar-refractivity contribution in [2.24, 2.45) is 0 Å². The van der Waals surface area contributed by atoms with E-state index in [1.165, 1.54) is 0 Å². The maximum absolute atomic E-state index is 11.2. The average Bonchev–Trinajstić information content (AvgIpc) is 2.31. The molecule has 18 heavy (non-hydrogen) atoms. The Hall–Kier alpha value is -1.17. The Bertz CT molecular complexity index is 425. The largest absolute Gasteiger partial charge is 0.466 e. The van der Waals surface area contributed by atoms with E-state index in [-0.39, 0.29) is 18.2 Å². The Morgan fingerprint density at radius 1 is 1.56 bits per heavy atom. The predicted octanol–water partition coefficient (Wildman–Crippen LogP) is 1.39. The van der Waals surface area contributed by atoms with E-state index < -0.39 is 18.2 Å². The highest BCUT2D eigenvalue weighted by molar-refractivity contribution is 6.30. The zero-order chi connectivity index (χ0) is 13.7. The summed E-state index contributed by atoms with van der Waals surface area (Å²) in [6, 6.07) is 1.62. The number of carbonyl (C=O) groups is 1. The van der Waals surface area contributed by atoms with Crippen LogP contribution in [0.4, 0.5) is 0 Å². The molecule has 2 unspecified atom stereocenters. The number of aryl methyl sites for hydroxylation is 1. The maximum atomic E-state index is 11.2. The topological polar surface area (TPSA) is 79.7 Å². The van der Waals surface area contributed by atoms with Crippen LogP contribution in [0.1, 0.15) is 30.6 Å². The summed E-state index contributed by atoms with van der Waals surface area (Å²) in [6.07, 6.45) is -1.28. The van der Waals surface area contributed by atoms with Gasteiger partial charge in [0.25, 0.3) is 0 Å². The maximum Gasteiger partial charge on any atom is 0.308 e. The van der Waals surface area contributed by atoms with Crippen LogP contribution in [0.15, 0.2) is 12.3 Å². The van der Waals surface area contributed by atoms with Crippen LogP contribution in [-0.4, -0.2) is 33.9 Å². The van der Waals surface area contributed by atoms with Gasteiger partial charge in [-0.25, -0.2) is 4.98 Å². The van der Waals surface area contributed by atoms with Crippen molar-refractivity contribution >= 4 is 17.6 Å². The van der Waals surface area contributed by atoms with E-state index in [0.29, 0.717) is 5.56 Å². The van der Waals surface area contributed by atoms with Gasteiger partial charge in [0.15, 0.2) is 0 Å². The zero-order valence-electron chi connectivity index (χ0n) is 10.3. The third kappa shape index (κ3) is 3.94. The van der Waals surface area contributed by atoms with Gasteiger partial charge in [0.1, 0.15) is 11.3 Å². The Morgan fingerprint density at radius 3 is 2.83 bits per heavy atom. The van der Waals surface area contributed by atoms with Gasteiger partial charge in [-0.05, 0) is 25.5 Å². The number of aliphatic hydroxyl groups is 2. The lowest BCUT2D eigenvalue weighted by Crippen LogP contribution is -2.23.